The summed E-state index contributed by atoms with van der Waals surface area (Å²) < 4.78 is 5.29. The van der Waals surface area contributed by atoms with Crippen molar-refractivity contribution in [1.82, 2.24) is 4.90 Å². The van der Waals surface area contributed by atoms with E-state index in [0.29, 0.717) is 12.3 Å². The van der Waals surface area contributed by atoms with Crippen LogP contribution in [0.25, 0.3) is 0 Å². The van der Waals surface area contributed by atoms with Crippen molar-refractivity contribution in [1.29, 1.82) is 5.41 Å². The van der Waals surface area contributed by atoms with Gasteiger partial charge < -0.3 is 20.3 Å². The van der Waals surface area contributed by atoms with E-state index >= 15 is 0 Å². The van der Waals surface area contributed by atoms with Gasteiger partial charge in [-0.3, -0.25) is 10.2 Å². The van der Waals surface area contributed by atoms with E-state index in [1.807, 2.05) is 26.0 Å². The van der Waals surface area contributed by atoms with Gasteiger partial charge in [-0.15, -0.1) is 37.2 Å². The molecule has 0 bridgehead atoms. The van der Waals surface area contributed by atoms with E-state index < -0.39 is 0 Å². The summed E-state index contributed by atoms with van der Waals surface area (Å²) in [5.41, 5.74) is 7.55. The number of nitrogen functional groups attached to an aromatic ring is 1. The second kappa shape index (κ2) is 14.8. The summed E-state index contributed by atoms with van der Waals surface area (Å²) in [6.45, 7) is 9.38. The molecule has 9 heteroatoms. The number of carbonyl (C=O) groups is 1. The molecule has 3 rings (SSSR count). The molecule has 0 unspecified atom stereocenters. The highest BCUT2D eigenvalue weighted by Crippen LogP contribution is 2.27. The number of hydrogen-bond acceptors (Lipinski definition) is 5. The van der Waals surface area contributed by atoms with Crippen molar-refractivity contribution in [3.8, 4) is 0 Å². The third-order valence-corrected chi connectivity index (χ3v) is 6.20. The Hall–Kier alpha value is -1.21. The molecule has 0 atom stereocenters. The lowest BCUT2D eigenvalue weighted by molar-refractivity contribution is -0.148. The van der Waals surface area contributed by atoms with E-state index in [1.54, 1.807) is 0 Å². The van der Waals surface area contributed by atoms with E-state index in [2.05, 4.69) is 21.9 Å². The van der Waals surface area contributed by atoms with Crippen LogP contribution in [0.2, 0.25) is 0 Å². The van der Waals surface area contributed by atoms with Crippen molar-refractivity contribution in [3.63, 3.8) is 0 Å². The third-order valence-electron chi connectivity index (χ3n) is 6.20. The lowest BCUT2D eigenvalue weighted by atomic mass is 9.91. The minimum Gasteiger partial charge on any atom is -0.463 e. The first-order valence-corrected chi connectivity index (χ1v) is 11.0. The fourth-order valence-electron chi connectivity index (χ4n) is 4.51. The maximum atomic E-state index is 11.9. The number of rotatable bonds is 7. The Morgan fingerprint density at radius 3 is 2.03 bits per heavy atom. The van der Waals surface area contributed by atoms with Gasteiger partial charge in [-0.2, -0.15) is 0 Å². The molecule has 2 aliphatic rings. The summed E-state index contributed by atoms with van der Waals surface area (Å²) in [7, 11) is 0. The largest absolute Gasteiger partial charge is 0.463 e. The Labute approximate surface area is 211 Å². The molecule has 0 saturated carbocycles. The number of nitrogens with zero attached hydrogens (tertiary/aromatic N) is 2. The molecule has 2 fully saturated rings. The second-order valence-corrected chi connectivity index (χ2v) is 8.88. The van der Waals surface area contributed by atoms with Crippen LogP contribution in [-0.4, -0.2) is 55.5 Å². The van der Waals surface area contributed by atoms with Crippen LogP contribution in [0.5, 0.6) is 0 Å². The van der Waals surface area contributed by atoms with E-state index in [1.165, 1.54) is 25.1 Å². The number of nitrogens with two attached hydrogens (primary N) is 1. The monoisotopic (exact) mass is 508 g/mol. The van der Waals surface area contributed by atoms with Gasteiger partial charge >= 0.3 is 5.97 Å². The molecule has 184 valence electrons. The normalized spacial score (nSPS) is 17.7. The highest BCUT2D eigenvalue weighted by molar-refractivity contribution is 5.95. The molecule has 6 nitrogen and oxygen atoms in total. The van der Waals surface area contributed by atoms with Crippen LogP contribution in [0.4, 0.5) is 5.69 Å². The van der Waals surface area contributed by atoms with Gasteiger partial charge in [0.25, 0.3) is 0 Å². The molecule has 2 saturated heterocycles. The van der Waals surface area contributed by atoms with Crippen LogP contribution in [0.3, 0.4) is 0 Å². The highest BCUT2D eigenvalue weighted by atomic mass is 35.5. The van der Waals surface area contributed by atoms with Gasteiger partial charge in [-0.25, -0.2) is 0 Å². The van der Waals surface area contributed by atoms with E-state index in [0.717, 1.165) is 50.5 Å². The number of amidine groups is 1. The number of halogens is 3. The number of carbonyl (C=O) groups excluding carboxylic acids is 1. The lowest BCUT2D eigenvalue weighted by Crippen LogP contribution is -2.41. The van der Waals surface area contributed by atoms with Crippen LogP contribution in [-0.2, 0) is 9.53 Å². The molecular weight excluding hydrogens is 471 g/mol. The minimum atomic E-state index is -0.0397. The first-order chi connectivity index (χ1) is 13.9. The van der Waals surface area contributed by atoms with E-state index in [-0.39, 0.29) is 55.1 Å². The first-order valence-electron chi connectivity index (χ1n) is 11.0. The fourth-order valence-corrected chi connectivity index (χ4v) is 4.51. The molecule has 0 aliphatic carbocycles. The molecule has 0 aromatic heterocycles. The van der Waals surface area contributed by atoms with E-state index in [9.17, 15) is 4.79 Å². The van der Waals surface area contributed by atoms with Crippen molar-refractivity contribution in [3.05, 3.63) is 29.8 Å². The van der Waals surface area contributed by atoms with Gasteiger partial charge in [0.2, 0.25) is 0 Å². The lowest BCUT2D eigenvalue weighted by Gasteiger charge is -2.38. The summed E-state index contributed by atoms with van der Waals surface area (Å²) in [5.74, 6) is 1.32. The smallest absolute Gasteiger partial charge is 0.306 e. The van der Waals surface area contributed by atoms with Gasteiger partial charge in [0.15, 0.2) is 0 Å². The number of likely N-dealkylation sites (tertiary alicyclic amines) is 1. The predicted molar refractivity (Wildman–Crippen MR) is 139 cm³/mol. The maximum absolute atomic E-state index is 11.9. The third kappa shape index (κ3) is 9.34. The molecule has 0 amide bonds. The second-order valence-electron chi connectivity index (χ2n) is 8.88. The molecule has 0 spiro atoms. The molecule has 32 heavy (non-hydrogen) atoms. The summed E-state index contributed by atoms with van der Waals surface area (Å²) in [6, 6.07) is 8.02. The summed E-state index contributed by atoms with van der Waals surface area (Å²) in [5, 5.41) is 7.51. The number of hydrogen-bond donors (Lipinski definition) is 2. The molecule has 3 N–H and O–H groups in total. The molecule has 2 aliphatic heterocycles. The average Bonchev–Trinajstić information content (AvgIpc) is 2.69. The Balaban J connectivity index is 0.00000320. The zero-order chi connectivity index (χ0) is 20.8. The van der Waals surface area contributed by atoms with E-state index in [4.69, 9.17) is 15.9 Å². The Morgan fingerprint density at radius 2 is 1.53 bits per heavy atom. The highest BCUT2D eigenvalue weighted by Gasteiger charge is 2.26. The number of esters is 1. The molecule has 1 aromatic rings. The quantitative estimate of drug-likeness (QED) is 0.321. The SMILES string of the molecule is CC(C)OC(=O)CC1CCN(CC2CCN(c3ccc(C(=N)N)cc3)CC2)CC1.Cl.Cl.Cl. The molecular formula is C23H39Cl3N4O2. The molecule has 1 aromatic carbocycles. The summed E-state index contributed by atoms with van der Waals surface area (Å²) in [4.78, 5) is 16.9. The van der Waals surface area contributed by atoms with Gasteiger partial charge in [0.1, 0.15) is 5.84 Å². The Kier molecular flexibility index (Phi) is 14.3. The topological polar surface area (TPSA) is 82.7 Å². The minimum absolute atomic E-state index is 0. The number of ether oxygens (including phenoxy) is 1. The number of nitrogens with one attached hydrogen (secondary N) is 1. The first kappa shape index (κ1) is 30.8. The predicted octanol–water partition coefficient (Wildman–Crippen LogP) is 4.51. The number of benzene rings is 1. The van der Waals surface area contributed by atoms with Crippen LogP contribution in [0.1, 0.15) is 51.5 Å². The standard InChI is InChI=1S/C23H36N4O2.3ClH/c1-17(2)29-22(28)15-18-7-11-26(12-8-18)16-19-9-13-27(14-10-19)21-5-3-20(4-6-21)23(24)25;;;/h3-6,17-19H,7-16H2,1-2H3,(H3,24,25);3*1H. The maximum Gasteiger partial charge on any atom is 0.306 e. The van der Waals surface area contributed by atoms with Crippen LogP contribution in [0.15, 0.2) is 24.3 Å². The van der Waals surface area contributed by atoms with Crippen LogP contribution >= 0.6 is 37.2 Å². The van der Waals surface area contributed by atoms with Crippen LogP contribution in [0, 0.1) is 17.2 Å². The van der Waals surface area contributed by atoms with Crippen molar-refractivity contribution >= 4 is 54.7 Å². The average molecular weight is 510 g/mol. The molecule has 0 radical (unpaired) electrons. The van der Waals surface area contributed by atoms with Crippen molar-refractivity contribution in [2.45, 2.75) is 52.1 Å². The molecule has 2 heterocycles. The number of anilines is 1. The van der Waals surface area contributed by atoms with Crippen LogP contribution < -0.4 is 10.6 Å². The van der Waals surface area contributed by atoms with Crippen molar-refractivity contribution in [2.24, 2.45) is 17.6 Å². The van der Waals surface area contributed by atoms with Gasteiger partial charge in [-0.05, 0) is 88.7 Å². The van der Waals surface area contributed by atoms with Gasteiger partial charge in [-0.1, -0.05) is 0 Å². The fraction of sp³-hybridized carbons (Fsp3) is 0.652. The zero-order valence-electron chi connectivity index (χ0n) is 19.1. The number of piperidine rings is 2. The summed E-state index contributed by atoms with van der Waals surface area (Å²) in [6.07, 6.45) is 5.21. The van der Waals surface area contributed by atoms with Crippen molar-refractivity contribution in [2.75, 3.05) is 37.6 Å². The van der Waals surface area contributed by atoms with Crippen molar-refractivity contribution < 1.29 is 9.53 Å². The van der Waals surface area contributed by atoms with Gasteiger partial charge in [0.05, 0.1) is 6.10 Å². The zero-order valence-corrected chi connectivity index (χ0v) is 21.6. The Morgan fingerprint density at radius 1 is 1.00 bits per heavy atom. The van der Waals surface area contributed by atoms with Gasteiger partial charge in [0, 0.05) is 37.3 Å². The Bertz CT molecular complexity index is 687. The summed E-state index contributed by atoms with van der Waals surface area (Å²) >= 11 is 0.